The van der Waals surface area contributed by atoms with E-state index in [2.05, 4.69) is 15.3 Å². The van der Waals surface area contributed by atoms with Crippen molar-refractivity contribution in [3.05, 3.63) is 30.1 Å². The maximum Gasteiger partial charge on any atom is 0.0823 e. The summed E-state index contributed by atoms with van der Waals surface area (Å²) in [5.74, 6) is 0. The number of rotatable bonds is 3. The number of pyridine rings is 1. The first-order valence-electron chi connectivity index (χ1n) is 3.47. The lowest BCUT2D eigenvalue weighted by atomic mass is 10.3. The van der Waals surface area contributed by atoms with Gasteiger partial charge in [0.15, 0.2) is 0 Å². The van der Waals surface area contributed by atoms with Crippen molar-refractivity contribution in [3.63, 3.8) is 0 Å². The SMILES string of the molecule is CN=CNCc1ccccn1. The summed E-state index contributed by atoms with van der Waals surface area (Å²) < 4.78 is 0. The molecule has 3 nitrogen and oxygen atoms in total. The van der Waals surface area contributed by atoms with Gasteiger partial charge in [-0.1, -0.05) is 6.07 Å². The average molecular weight is 149 g/mol. The Labute approximate surface area is 66.2 Å². The molecule has 0 amide bonds. The van der Waals surface area contributed by atoms with Crippen LogP contribution in [0.3, 0.4) is 0 Å². The smallest absolute Gasteiger partial charge is 0.0823 e. The summed E-state index contributed by atoms with van der Waals surface area (Å²) in [4.78, 5) is 7.91. The predicted octanol–water partition coefficient (Wildman–Crippen LogP) is 0.829. The van der Waals surface area contributed by atoms with E-state index < -0.39 is 0 Å². The summed E-state index contributed by atoms with van der Waals surface area (Å²) in [6.45, 7) is 0.734. The van der Waals surface area contributed by atoms with Crippen LogP contribution in [-0.4, -0.2) is 18.4 Å². The summed E-state index contributed by atoms with van der Waals surface area (Å²) in [7, 11) is 1.73. The largest absolute Gasteiger partial charge is 0.371 e. The molecule has 0 radical (unpaired) electrons. The van der Waals surface area contributed by atoms with Crippen molar-refractivity contribution in [1.29, 1.82) is 0 Å². The van der Waals surface area contributed by atoms with Gasteiger partial charge in [0.2, 0.25) is 0 Å². The van der Waals surface area contributed by atoms with Gasteiger partial charge >= 0.3 is 0 Å². The van der Waals surface area contributed by atoms with E-state index in [1.807, 2.05) is 18.2 Å². The van der Waals surface area contributed by atoms with Gasteiger partial charge < -0.3 is 5.32 Å². The second kappa shape index (κ2) is 4.44. The summed E-state index contributed by atoms with van der Waals surface area (Å²) in [5, 5.41) is 3.00. The summed E-state index contributed by atoms with van der Waals surface area (Å²) in [6.07, 6.45) is 3.44. The van der Waals surface area contributed by atoms with Gasteiger partial charge in [0.25, 0.3) is 0 Å². The molecule has 1 N–H and O–H groups in total. The lowest BCUT2D eigenvalue weighted by Gasteiger charge is -1.97. The van der Waals surface area contributed by atoms with E-state index in [0.29, 0.717) is 0 Å². The first-order valence-corrected chi connectivity index (χ1v) is 3.47. The van der Waals surface area contributed by atoms with Crippen LogP contribution in [0, 0.1) is 0 Å². The second-order valence-electron chi connectivity index (χ2n) is 2.09. The number of hydrogen-bond acceptors (Lipinski definition) is 2. The molecule has 0 unspecified atom stereocenters. The van der Waals surface area contributed by atoms with Crippen molar-refractivity contribution >= 4 is 6.34 Å². The molecule has 1 aromatic rings. The third kappa shape index (κ3) is 2.80. The molecule has 0 fully saturated rings. The normalized spacial score (nSPS) is 10.3. The lowest BCUT2D eigenvalue weighted by molar-refractivity contribution is 0.886. The molecule has 0 aliphatic heterocycles. The molecule has 0 saturated carbocycles. The first kappa shape index (κ1) is 7.72. The average Bonchev–Trinajstić information content (AvgIpc) is 2.07. The Morgan fingerprint density at radius 1 is 1.64 bits per heavy atom. The maximum atomic E-state index is 4.13. The van der Waals surface area contributed by atoms with Crippen molar-refractivity contribution < 1.29 is 0 Å². The van der Waals surface area contributed by atoms with Gasteiger partial charge in [-0.25, -0.2) is 0 Å². The first-order chi connectivity index (χ1) is 5.43. The molecule has 11 heavy (non-hydrogen) atoms. The molecule has 0 saturated heterocycles. The molecule has 1 aromatic heterocycles. The number of hydrogen-bond donors (Lipinski definition) is 1. The summed E-state index contributed by atoms with van der Waals surface area (Å²) >= 11 is 0. The number of nitrogens with one attached hydrogen (secondary N) is 1. The van der Waals surface area contributed by atoms with Crippen LogP contribution in [0.15, 0.2) is 29.4 Å². The Morgan fingerprint density at radius 2 is 2.55 bits per heavy atom. The van der Waals surface area contributed by atoms with Crippen LogP contribution in [-0.2, 0) is 6.54 Å². The summed E-state index contributed by atoms with van der Waals surface area (Å²) in [6, 6.07) is 5.83. The molecular formula is C8H11N3. The molecule has 0 aromatic carbocycles. The molecular weight excluding hydrogens is 138 g/mol. The quantitative estimate of drug-likeness (QED) is 0.510. The van der Waals surface area contributed by atoms with Gasteiger partial charge in [-0.15, -0.1) is 0 Å². The molecule has 0 aliphatic rings. The van der Waals surface area contributed by atoms with Gasteiger partial charge in [0, 0.05) is 13.2 Å². The number of nitrogens with zero attached hydrogens (tertiary/aromatic N) is 2. The minimum absolute atomic E-state index is 0.734. The minimum atomic E-state index is 0.734. The Balaban J connectivity index is 2.39. The van der Waals surface area contributed by atoms with E-state index in [0.717, 1.165) is 12.2 Å². The highest BCUT2D eigenvalue weighted by molar-refractivity contribution is 5.53. The van der Waals surface area contributed by atoms with Crippen LogP contribution >= 0.6 is 0 Å². The van der Waals surface area contributed by atoms with Crippen LogP contribution in [0.25, 0.3) is 0 Å². The fourth-order valence-corrected chi connectivity index (χ4v) is 0.744. The third-order valence-corrected chi connectivity index (χ3v) is 1.23. The molecule has 1 rings (SSSR count). The minimum Gasteiger partial charge on any atom is -0.371 e. The Morgan fingerprint density at radius 3 is 3.18 bits per heavy atom. The van der Waals surface area contributed by atoms with Gasteiger partial charge in [-0.05, 0) is 12.1 Å². The molecule has 0 aliphatic carbocycles. The van der Waals surface area contributed by atoms with Crippen LogP contribution in [0.5, 0.6) is 0 Å². The van der Waals surface area contributed by atoms with E-state index in [-0.39, 0.29) is 0 Å². The van der Waals surface area contributed by atoms with Crippen molar-refractivity contribution in [2.75, 3.05) is 7.05 Å². The van der Waals surface area contributed by atoms with Crippen molar-refractivity contribution in [1.82, 2.24) is 10.3 Å². The van der Waals surface area contributed by atoms with E-state index in [4.69, 9.17) is 0 Å². The fraction of sp³-hybridized carbons (Fsp3) is 0.250. The van der Waals surface area contributed by atoms with Crippen molar-refractivity contribution in [3.8, 4) is 0 Å². The van der Waals surface area contributed by atoms with Crippen molar-refractivity contribution in [2.45, 2.75) is 6.54 Å². The monoisotopic (exact) mass is 149 g/mol. The van der Waals surface area contributed by atoms with Crippen LogP contribution in [0.2, 0.25) is 0 Å². The van der Waals surface area contributed by atoms with E-state index in [1.54, 1.807) is 19.6 Å². The van der Waals surface area contributed by atoms with E-state index >= 15 is 0 Å². The Hall–Kier alpha value is -1.38. The fourth-order valence-electron chi connectivity index (χ4n) is 0.744. The van der Waals surface area contributed by atoms with Gasteiger partial charge in [0.05, 0.1) is 18.6 Å². The molecule has 0 atom stereocenters. The zero-order valence-corrected chi connectivity index (χ0v) is 6.49. The molecule has 1 heterocycles. The zero-order valence-electron chi connectivity index (χ0n) is 6.49. The lowest BCUT2D eigenvalue weighted by Crippen LogP contribution is -2.10. The third-order valence-electron chi connectivity index (χ3n) is 1.23. The Kier molecular flexibility index (Phi) is 3.12. The number of aliphatic imine (C=N–C) groups is 1. The van der Waals surface area contributed by atoms with Crippen molar-refractivity contribution in [2.24, 2.45) is 4.99 Å². The molecule has 58 valence electrons. The second-order valence-corrected chi connectivity index (χ2v) is 2.09. The highest BCUT2D eigenvalue weighted by atomic mass is 14.9. The highest BCUT2D eigenvalue weighted by Gasteiger charge is 1.86. The standard InChI is InChI=1S/C8H11N3/c1-9-7-10-6-8-4-2-3-5-11-8/h2-5,7H,6H2,1H3,(H,9,10). The van der Waals surface area contributed by atoms with Crippen LogP contribution < -0.4 is 5.32 Å². The number of aromatic nitrogens is 1. The Bertz CT molecular complexity index is 218. The summed E-state index contributed by atoms with van der Waals surface area (Å²) in [5.41, 5.74) is 1.02. The van der Waals surface area contributed by atoms with Gasteiger partial charge in [-0.3, -0.25) is 9.98 Å². The topological polar surface area (TPSA) is 37.3 Å². The van der Waals surface area contributed by atoms with E-state index in [1.165, 1.54) is 0 Å². The van der Waals surface area contributed by atoms with Gasteiger partial charge in [-0.2, -0.15) is 0 Å². The van der Waals surface area contributed by atoms with Crippen LogP contribution in [0.1, 0.15) is 5.69 Å². The van der Waals surface area contributed by atoms with E-state index in [9.17, 15) is 0 Å². The highest BCUT2D eigenvalue weighted by Crippen LogP contribution is 1.90. The predicted molar refractivity (Wildman–Crippen MR) is 45.5 cm³/mol. The zero-order chi connectivity index (χ0) is 7.94. The maximum absolute atomic E-state index is 4.13. The van der Waals surface area contributed by atoms with Gasteiger partial charge in [0.1, 0.15) is 0 Å². The van der Waals surface area contributed by atoms with Crippen LogP contribution in [0.4, 0.5) is 0 Å². The molecule has 3 heteroatoms. The molecule has 0 spiro atoms. The molecule has 0 bridgehead atoms.